The normalized spacial score (nSPS) is 12.0. The van der Waals surface area contributed by atoms with Crippen molar-refractivity contribution in [2.24, 2.45) is 0 Å². The van der Waals surface area contributed by atoms with E-state index >= 15 is 0 Å². The van der Waals surface area contributed by atoms with Gasteiger partial charge in [0.05, 0.1) is 11.9 Å². The molecule has 0 saturated carbocycles. The first-order valence-electron chi connectivity index (χ1n) is 12.3. The molecule has 0 aliphatic carbocycles. The van der Waals surface area contributed by atoms with Crippen molar-refractivity contribution >= 4 is 62.3 Å². The van der Waals surface area contributed by atoms with Gasteiger partial charge in [-0.25, -0.2) is 8.42 Å². The summed E-state index contributed by atoms with van der Waals surface area (Å²) in [7, 11) is -3.90. The lowest BCUT2D eigenvalue weighted by Gasteiger charge is -2.34. The largest absolute Gasteiger partial charge is 0.354 e. The van der Waals surface area contributed by atoms with Crippen LogP contribution < -0.4 is 9.62 Å². The second-order valence-electron chi connectivity index (χ2n) is 8.97. The molecule has 3 aromatic carbocycles. The van der Waals surface area contributed by atoms with E-state index in [-0.39, 0.29) is 24.6 Å². The lowest BCUT2D eigenvalue weighted by atomic mass is 10.0. The summed E-state index contributed by atoms with van der Waals surface area (Å²) in [6, 6.07) is 19.5. The number of hydrogen-bond donors (Lipinski definition) is 1. The molecule has 39 heavy (non-hydrogen) atoms. The van der Waals surface area contributed by atoms with Crippen molar-refractivity contribution < 1.29 is 18.0 Å². The molecular formula is C28H30Cl3N3O4S. The molecule has 7 nitrogen and oxygen atoms in total. The molecule has 0 aliphatic rings. The molecule has 0 radical (unpaired) electrons. The van der Waals surface area contributed by atoms with E-state index in [9.17, 15) is 18.0 Å². The molecule has 1 atom stereocenters. The minimum atomic E-state index is -3.90. The van der Waals surface area contributed by atoms with Crippen LogP contribution in [0.15, 0.2) is 72.8 Å². The van der Waals surface area contributed by atoms with E-state index in [1.807, 2.05) is 37.3 Å². The van der Waals surface area contributed by atoms with Gasteiger partial charge in [0.25, 0.3) is 0 Å². The standard InChI is InChI=1S/C28H30Cl3N3O4S/c1-3-15-32-28(36)26(16-20-9-5-4-6-10-20)33(18-23-24(30)13-8-14-25(23)31)27(35)19-34(39(2,37)38)22-12-7-11-21(29)17-22/h4-14,17,26H,3,15-16,18-19H2,1-2H3,(H,32,36)/t26-/m1/s1. The number of anilines is 1. The van der Waals surface area contributed by atoms with Crippen molar-refractivity contribution in [2.45, 2.75) is 32.4 Å². The van der Waals surface area contributed by atoms with Crippen LogP contribution in [-0.2, 0) is 32.6 Å². The summed E-state index contributed by atoms with van der Waals surface area (Å²) < 4.78 is 26.6. The number of amides is 2. The molecule has 0 spiro atoms. The van der Waals surface area contributed by atoms with Crippen molar-refractivity contribution in [3.63, 3.8) is 0 Å². The Bertz CT molecular complexity index is 1380. The van der Waals surface area contributed by atoms with E-state index in [0.717, 1.165) is 16.1 Å². The zero-order valence-corrected chi connectivity index (χ0v) is 24.7. The molecule has 0 unspecified atom stereocenters. The first kappa shape index (κ1) is 30.8. The molecule has 0 aliphatic heterocycles. The first-order valence-corrected chi connectivity index (χ1v) is 15.3. The fourth-order valence-corrected chi connectivity index (χ4v) is 5.56. The van der Waals surface area contributed by atoms with Crippen molar-refractivity contribution in [3.8, 4) is 0 Å². The Morgan fingerprint density at radius 2 is 1.56 bits per heavy atom. The molecule has 3 aromatic rings. The van der Waals surface area contributed by atoms with E-state index in [4.69, 9.17) is 34.8 Å². The lowest BCUT2D eigenvalue weighted by Crippen LogP contribution is -2.53. The molecule has 208 valence electrons. The van der Waals surface area contributed by atoms with Gasteiger partial charge in [0.15, 0.2) is 0 Å². The van der Waals surface area contributed by atoms with Crippen LogP contribution in [0.2, 0.25) is 15.1 Å². The zero-order chi connectivity index (χ0) is 28.6. The van der Waals surface area contributed by atoms with E-state index in [1.54, 1.807) is 36.4 Å². The summed E-state index contributed by atoms with van der Waals surface area (Å²) in [5.74, 6) is -0.977. The highest BCUT2D eigenvalue weighted by atomic mass is 35.5. The Labute approximate surface area is 244 Å². The van der Waals surface area contributed by atoms with Crippen LogP contribution in [-0.4, -0.2) is 50.5 Å². The topological polar surface area (TPSA) is 86.8 Å². The van der Waals surface area contributed by atoms with Gasteiger partial charge < -0.3 is 10.2 Å². The maximum absolute atomic E-state index is 14.0. The highest BCUT2D eigenvalue weighted by Gasteiger charge is 2.33. The average Bonchev–Trinajstić information content (AvgIpc) is 2.89. The molecule has 0 fully saturated rings. The number of sulfonamides is 1. The van der Waals surface area contributed by atoms with Crippen LogP contribution >= 0.6 is 34.8 Å². The smallest absolute Gasteiger partial charge is 0.244 e. The van der Waals surface area contributed by atoms with Crippen molar-refractivity contribution in [3.05, 3.63) is 99.0 Å². The SMILES string of the molecule is CCCNC(=O)[C@@H](Cc1ccccc1)N(Cc1c(Cl)cccc1Cl)C(=O)CN(c1cccc(Cl)c1)S(C)(=O)=O. The van der Waals surface area contributed by atoms with Crippen LogP contribution in [0, 0.1) is 0 Å². The van der Waals surface area contributed by atoms with E-state index < -0.39 is 28.5 Å². The molecule has 0 bridgehead atoms. The summed E-state index contributed by atoms with van der Waals surface area (Å²) in [6.07, 6.45) is 1.90. The van der Waals surface area contributed by atoms with Gasteiger partial charge in [0.1, 0.15) is 12.6 Å². The van der Waals surface area contributed by atoms with Gasteiger partial charge in [0, 0.05) is 40.1 Å². The molecule has 11 heteroatoms. The van der Waals surface area contributed by atoms with Crippen LogP contribution in [0.25, 0.3) is 0 Å². The number of nitrogens with one attached hydrogen (secondary N) is 1. The second-order valence-corrected chi connectivity index (χ2v) is 12.1. The van der Waals surface area contributed by atoms with Gasteiger partial charge >= 0.3 is 0 Å². The van der Waals surface area contributed by atoms with Gasteiger partial charge in [-0.3, -0.25) is 13.9 Å². The van der Waals surface area contributed by atoms with E-state index in [1.165, 1.54) is 11.0 Å². The van der Waals surface area contributed by atoms with Gasteiger partial charge in [-0.2, -0.15) is 0 Å². The summed E-state index contributed by atoms with van der Waals surface area (Å²) in [6.45, 7) is 1.67. The predicted molar refractivity (Wildman–Crippen MR) is 158 cm³/mol. The Morgan fingerprint density at radius 3 is 2.15 bits per heavy atom. The Balaban J connectivity index is 2.09. The van der Waals surface area contributed by atoms with Gasteiger partial charge in [-0.1, -0.05) is 84.2 Å². The number of nitrogens with zero attached hydrogens (tertiary/aromatic N) is 2. The van der Waals surface area contributed by atoms with Crippen molar-refractivity contribution in [1.29, 1.82) is 0 Å². The fraction of sp³-hybridized carbons (Fsp3) is 0.286. The quantitative estimate of drug-likeness (QED) is 0.290. The van der Waals surface area contributed by atoms with Gasteiger partial charge in [-0.15, -0.1) is 0 Å². The Morgan fingerprint density at radius 1 is 0.923 bits per heavy atom. The molecule has 0 heterocycles. The van der Waals surface area contributed by atoms with Gasteiger partial charge in [-0.05, 0) is 42.3 Å². The maximum Gasteiger partial charge on any atom is 0.244 e. The zero-order valence-electron chi connectivity index (χ0n) is 21.6. The maximum atomic E-state index is 14.0. The minimum absolute atomic E-state index is 0.110. The van der Waals surface area contributed by atoms with Crippen molar-refractivity contribution in [2.75, 3.05) is 23.7 Å². The predicted octanol–water partition coefficient (Wildman–Crippen LogP) is 5.58. The highest BCUT2D eigenvalue weighted by Crippen LogP contribution is 2.28. The number of carbonyl (C=O) groups is 2. The lowest BCUT2D eigenvalue weighted by molar-refractivity contribution is -0.140. The number of rotatable bonds is 12. The third-order valence-corrected chi connectivity index (χ3v) is 8.07. The number of carbonyl (C=O) groups excluding carboxylic acids is 2. The molecule has 0 saturated heterocycles. The molecular weight excluding hydrogens is 581 g/mol. The summed E-state index contributed by atoms with van der Waals surface area (Å²) in [5, 5.41) is 3.84. The van der Waals surface area contributed by atoms with Crippen LogP contribution in [0.5, 0.6) is 0 Å². The summed E-state index contributed by atoms with van der Waals surface area (Å²) in [5.41, 5.74) is 1.50. The Kier molecular flexibility index (Phi) is 11.1. The van der Waals surface area contributed by atoms with E-state index in [2.05, 4.69) is 5.32 Å². The van der Waals surface area contributed by atoms with Crippen LogP contribution in [0.1, 0.15) is 24.5 Å². The number of benzene rings is 3. The second kappa shape index (κ2) is 14.0. The summed E-state index contributed by atoms with van der Waals surface area (Å²) >= 11 is 19.0. The number of halogens is 3. The van der Waals surface area contributed by atoms with Crippen LogP contribution in [0.4, 0.5) is 5.69 Å². The minimum Gasteiger partial charge on any atom is -0.354 e. The molecule has 0 aromatic heterocycles. The molecule has 1 N–H and O–H groups in total. The third kappa shape index (κ3) is 8.60. The first-order chi connectivity index (χ1) is 18.5. The highest BCUT2D eigenvalue weighted by molar-refractivity contribution is 7.92. The van der Waals surface area contributed by atoms with Gasteiger partial charge in [0.2, 0.25) is 21.8 Å². The fourth-order valence-electron chi connectivity index (χ4n) is 4.02. The summed E-state index contributed by atoms with van der Waals surface area (Å²) in [4.78, 5) is 28.8. The third-order valence-electron chi connectivity index (χ3n) is 5.99. The van der Waals surface area contributed by atoms with E-state index in [0.29, 0.717) is 33.6 Å². The van der Waals surface area contributed by atoms with Crippen molar-refractivity contribution in [1.82, 2.24) is 10.2 Å². The average molecular weight is 611 g/mol. The van der Waals surface area contributed by atoms with Crippen LogP contribution in [0.3, 0.4) is 0 Å². The number of hydrogen-bond acceptors (Lipinski definition) is 4. The Hall–Kier alpha value is -2.78. The monoisotopic (exact) mass is 609 g/mol. The molecule has 2 amide bonds. The molecule has 3 rings (SSSR count).